The van der Waals surface area contributed by atoms with Crippen molar-refractivity contribution in [3.8, 4) is 5.88 Å². The molecule has 2 amide bonds. The monoisotopic (exact) mass is 416 g/mol. The number of nitrogens with zero attached hydrogens (tertiary/aromatic N) is 2. The average molecular weight is 416 g/mol. The van der Waals surface area contributed by atoms with E-state index in [0.717, 1.165) is 55.6 Å². The van der Waals surface area contributed by atoms with Gasteiger partial charge in [-0.05, 0) is 49.3 Å². The molecule has 2 aromatic rings. The third kappa shape index (κ3) is 6.13. The molecule has 0 radical (unpaired) electrons. The highest BCUT2D eigenvalue weighted by Gasteiger charge is 2.27. The summed E-state index contributed by atoms with van der Waals surface area (Å²) in [5, 5.41) is 5.03. The van der Waals surface area contributed by atoms with Gasteiger partial charge in [-0.15, -0.1) is 0 Å². The van der Waals surface area contributed by atoms with Gasteiger partial charge in [-0.25, -0.2) is 18.6 Å². The molecule has 1 saturated heterocycles. The molecule has 1 aliphatic heterocycles. The van der Waals surface area contributed by atoms with Crippen LogP contribution in [-0.4, -0.2) is 41.7 Å². The molecule has 2 fully saturated rings. The van der Waals surface area contributed by atoms with E-state index in [1.54, 1.807) is 12.3 Å². The van der Waals surface area contributed by atoms with Crippen molar-refractivity contribution >= 4 is 11.7 Å². The number of piperidine rings is 1. The van der Waals surface area contributed by atoms with E-state index < -0.39 is 17.7 Å². The quantitative estimate of drug-likeness (QED) is 0.718. The van der Waals surface area contributed by atoms with Gasteiger partial charge in [0.1, 0.15) is 17.7 Å². The summed E-state index contributed by atoms with van der Waals surface area (Å²) in [6.45, 7) is 3.62. The second-order valence-corrected chi connectivity index (χ2v) is 8.03. The molecule has 1 aromatic heterocycles. The molecule has 0 spiro atoms. The molecule has 2 heterocycles. The largest absolute Gasteiger partial charge is 0.474 e. The fraction of sp³-hybridized carbons (Fsp3) is 0.455. The molecule has 1 aromatic carbocycles. The van der Waals surface area contributed by atoms with Crippen LogP contribution in [-0.2, 0) is 6.54 Å². The van der Waals surface area contributed by atoms with Gasteiger partial charge >= 0.3 is 6.03 Å². The minimum Gasteiger partial charge on any atom is -0.474 e. The number of carbonyl (C=O) groups excluding carboxylic acids is 1. The average Bonchev–Trinajstić information content (AvgIpc) is 3.52. The van der Waals surface area contributed by atoms with Gasteiger partial charge in [-0.1, -0.05) is 6.07 Å². The van der Waals surface area contributed by atoms with Crippen LogP contribution in [0.25, 0.3) is 0 Å². The Morgan fingerprint density at radius 2 is 1.83 bits per heavy atom. The Kier molecular flexibility index (Phi) is 6.42. The van der Waals surface area contributed by atoms with Gasteiger partial charge < -0.3 is 20.3 Å². The summed E-state index contributed by atoms with van der Waals surface area (Å²) in [6.07, 6.45) is 6.63. The highest BCUT2D eigenvalue weighted by molar-refractivity contribution is 5.89. The number of hydrogen-bond donors (Lipinski definition) is 2. The number of likely N-dealkylation sites (tertiary alicyclic amines) is 1. The number of nitrogens with one attached hydrogen (secondary N) is 2. The zero-order valence-corrected chi connectivity index (χ0v) is 16.7. The van der Waals surface area contributed by atoms with Crippen LogP contribution in [0.1, 0.15) is 31.2 Å². The number of ether oxygens (including phenoxy) is 1. The first kappa shape index (κ1) is 20.5. The third-order valence-electron chi connectivity index (χ3n) is 5.41. The van der Waals surface area contributed by atoms with E-state index in [1.807, 2.05) is 6.07 Å². The molecule has 0 bridgehead atoms. The first-order chi connectivity index (χ1) is 14.5. The predicted octanol–water partition coefficient (Wildman–Crippen LogP) is 3.93. The van der Waals surface area contributed by atoms with Crippen molar-refractivity contribution < 1.29 is 18.3 Å². The fourth-order valence-corrected chi connectivity index (χ4v) is 3.61. The van der Waals surface area contributed by atoms with E-state index >= 15 is 0 Å². The van der Waals surface area contributed by atoms with E-state index in [9.17, 15) is 13.6 Å². The number of hydrogen-bond acceptors (Lipinski definition) is 4. The number of rotatable bonds is 7. The van der Waals surface area contributed by atoms with Crippen molar-refractivity contribution in [2.24, 2.45) is 5.92 Å². The molecule has 2 N–H and O–H groups in total. The topological polar surface area (TPSA) is 66.5 Å². The second kappa shape index (κ2) is 9.38. The van der Waals surface area contributed by atoms with Crippen molar-refractivity contribution in [1.29, 1.82) is 0 Å². The summed E-state index contributed by atoms with van der Waals surface area (Å²) < 4.78 is 32.3. The van der Waals surface area contributed by atoms with Crippen LogP contribution in [0.15, 0.2) is 36.5 Å². The van der Waals surface area contributed by atoms with Gasteiger partial charge in [0.15, 0.2) is 0 Å². The standard InChI is InChI=1S/C22H26F2N4O2/c23-17-9-18(24)11-19(10-17)27-22(29)26-13-16-3-4-21(25-12-16)30-20-5-7-28(8-6-20)14-15-1-2-15/h3-4,9-12,15,20H,1-2,5-8,13-14H2,(H2,26,27,29). The number of pyridine rings is 1. The van der Waals surface area contributed by atoms with Gasteiger partial charge in [0.25, 0.3) is 0 Å². The van der Waals surface area contributed by atoms with Crippen LogP contribution in [0.3, 0.4) is 0 Å². The Morgan fingerprint density at radius 1 is 1.10 bits per heavy atom. The first-order valence-corrected chi connectivity index (χ1v) is 10.4. The Bertz CT molecular complexity index is 846. The van der Waals surface area contributed by atoms with Gasteiger partial charge in [0.05, 0.1) is 0 Å². The van der Waals surface area contributed by atoms with Crippen molar-refractivity contribution in [2.75, 3.05) is 25.0 Å². The van der Waals surface area contributed by atoms with Gasteiger partial charge in [0.2, 0.25) is 5.88 Å². The van der Waals surface area contributed by atoms with Crippen LogP contribution >= 0.6 is 0 Å². The van der Waals surface area contributed by atoms with Crippen molar-refractivity contribution in [1.82, 2.24) is 15.2 Å². The number of amides is 2. The lowest BCUT2D eigenvalue weighted by molar-refractivity contribution is 0.0944. The number of anilines is 1. The van der Waals surface area contributed by atoms with Crippen molar-refractivity contribution in [3.63, 3.8) is 0 Å². The van der Waals surface area contributed by atoms with Crippen LogP contribution in [0, 0.1) is 17.6 Å². The summed E-state index contributed by atoms with van der Waals surface area (Å²) in [5.41, 5.74) is 0.845. The van der Waals surface area contributed by atoms with E-state index in [0.29, 0.717) is 5.88 Å². The lowest BCUT2D eigenvalue weighted by Gasteiger charge is -2.31. The maximum atomic E-state index is 13.2. The SMILES string of the molecule is O=C(NCc1ccc(OC2CCN(CC3CC3)CC2)nc1)Nc1cc(F)cc(F)c1. The number of urea groups is 1. The maximum absolute atomic E-state index is 13.2. The lowest BCUT2D eigenvalue weighted by Crippen LogP contribution is -2.39. The maximum Gasteiger partial charge on any atom is 0.319 e. The minimum atomic E-state index is -0.751. The first-order valence-electron chi connectivity index (χ1n) is 10.4. The summed E-state index contributed by atoms with van der Waals surface area (Å²) in [4.78, 5) is 18.8. The summed E-state index contributed by atoms with van der Waals surface area (Å²) >= 11 is 0. The Balaban J connectivity index is 1.19. The third-order valence-corrected chi connectivity index (χ3v) is 5.41. The Hall–Kier alpha value is -2.74. The Morgan fingerprint density at radius 3 is 2.47 bits per heavy atom. The highest BCUT2D eigenvalue weighted by Crippen LogP contribution is 2.30. The van der Waals surface area contributed by atoms with E-state index in [-0.39, 0.29) is 18.3 Å². The summed E-state index contributed by atoms with van der Waals surface area (Å²) in [5.74, 6) is -0.00108. The molecule has 6 nitrogen and oxygen atoms in total. The lowest BCUT2D eigenvalue weighted by atomic mass is 10.1. The molecule has 2 aliphatic rings. The van der Waals surface area contributed by atoms with Crippen molar-refractivity contribution in [2.45, 2.75) is 38.3 Å². The Labute approximate surface area is 174 Å². The second-order valence-electron chi connectivity index (χ2n) is 8.03. The molecule has 160 valence electrons. The molecule has 0 atom stereocenters. The molecular formula is C22H26F2N4O2. The summed E-state index contributed by atoms with van der Waals surface area (Å²) in [7, 11) is 0. The highest BCUT2D eigenvalue weighted by atomic mass is 19.1. The normalized spacial score (nSPS) is 17.5. The molecule has 1 aliphatic carbocycles. The van der Waals surface area contributed by atoms with Crippen LogP contribution < -0.4 is 15.4 Å². The predicted molar refractivity (Wildman–Crippen MR) is 109 cm³/mol. The molecular weight excluding hydrogens is 390 g/mol. The molecule has 30 heavy (non-hydrogen) atoms. The van der Waals surface area contributed by atoms with Crippen molar-refractivity contribution in [3.05, 3.63) is 53.7 Å². The van der Waals surface area contributed by atoms with Gasteiger partial charge in [-0.3, -0.25) is 0 Å². The summed E-state index contributed by atoms with van der Waals surface area (Å²) in [6, 6.07) is 5.92. The van der Waals surface area contributed by atoms with Gasteiger partial charge in [-0.2, -0.15) is 0 Å². The minimum absolute atomic E-state index is 0.0510. The smallest absolute Gasteiger partial charge is 0.319 e. The van der Waals surface area contributed by atoms with E-state index in [1.165, 1.54) is 19.4 Å². The molecule has 4 rings (SSSR count). The number of benzene rings is 1. The number of aromatic nitrogens is 1. The number of halogens is 2. The fourth-order valence-electron chi connectivity index (χ4n) is 3.61. The van der Waals surface area contributed by atoms with Crippen LogP contribution in [0.2, 0.25) is 0 Å². The zero-order valence-electron chi connectivity index (χ0n) is 16.7. The van der Waals surface area contributed by atoms with Crippen LogP contribution in [0.5, 0.6) is 5.88 Å². The van der Waals surface area contributed by atoms with Crippen LogP contribution in [0.4, 0.5) is 19.3 Å². The van der Waals surface area contributed by atoms with E-state index in [4.69, 9.17) is 4.74 Å². The zero-order chi connectivity index (χ0) is 20.9. The van der Waals surface area contributed by atoms with Gasteiger partial charge in [0, 0.05) is 50.2 Å². The molecule has 0 unspecified atom stereocenters. The number of carbonyl (C=O) groups is 1. The molecule has 1 saturated carbocycles. The van der Waals surface area contributed by atoms with E-state index in [2.05, 4.69) is 20.5 Å². The molecule has 8 heteroatoms.